The molecule has 1 saturated heterocycles. The molecule has 1 aliphatic rings. The van der Waals surface area contributed by atoms with Gasteiger partial charge in [-0.05, 0) is 34.6 Å². The SMILES string of the molecule is COC(=O)[C@H]1COC(C)(C)CN1C(=O)OC(C)(C)C. The molecule has 1 atom stereocenters. The Hall–Kier alpha value is -1.30. The first-order chi connectivity index (χ1) is 8.56. The van der Waals surface area contributed by atoms with Crippen molar-refractivity contribution in [2.75, 3.05) is 20.3 Å². The second-order valence-electron chi connectivity index (χ2n) is 6.22. The Morgan fingerprint density at radius 3 is 2.37 bits per heavy atom. The van der Waals surface area contributed by atoms with Crippen LogP contribution in [0.2, 0.25) is 0 Å². The molecular formula is C13H23NO5. The fourth-order valence-corrected chi connectivity index (χ4v) is 1.80. The van der Waals surface area contributed by atoms with Gasteiger partial charge < -0.3 is 14.2 Å². The highest BCUT2D eigenvalue weighted by Gasteiger charge is 2.42. The molecule has 110 valence electrons. The molecule has 0 saturated carbocycles. The molecule has 0 bridgehead atoms. The summed E-state index contributed by atoms with van der Waals surface area (Å²) in [6.45, 7) is 9.45. The van der Waals surface area contributed by atoms with Crippen molar-refractivity contribution in [3.05, 3.63) is 0 Å². The third kappa shape index (κ3) is 4.38. The molecule has 19 heavy (non-hydrogen) atoms. The number of carbonyl (C=O) groups excluding carboxylic acids is 2. The van der Waals surface area contributed by atoms with E-state index in [0.717, 1.165) is 0 Å². The van der Waals surface area contributed by atoms with Crippen LogP contribution < -0.4 is 0 Å². The lowest BCUT2D eigenvalue weighted by Crippen LogP contribution is -2.59. The summed E-state index contributed by atoms with van der Waals surface area (Å²) in [5.41, 5.74) is -1.12. The molecule has 0 aromatic heterocycles. The number of nitrogens with zero attached hydrogens (tertiary/aromatic N) is 1. The zero-order chi connectivity index (χ0) is 14.8. The van der Waals surface area contributed by atoms with Gasteiger partial charge in [-0.3, -0.25) is 4.90 Å². The van der Waals surface area contributed by atoms with Crippen LogP contribution in [0.15, 0.2) is 0 Å². The molecule has 0 aliphatic carbocycles. The number of amides is 1. The van der Waals surface area contributed by atoms with Gasteiger partial charge >= 0.3 is 12.1 Å². The van der Waals surface area contributed by atoms with E-state index in [0.29, 0.717) is 0 Å². The third-order valence-electron chi connectivity index (χ3n) is 2.66. The zero-order valence-electron chi connectivity index (χ0n) is 12.5. The average molecular weight is 273 g/mol. The van der Waals surface area contributed by atoms with E-state index in [-0.39, 0.29) is 13.2 Å². The van der Waals surface area contributed by atoms with Crippen LogP contribution in [-0.2, 0) is 19.0 Å². The monoisotopic (exact) mass is 273 g/mol. The van der Waals surface area contributed by atoms with Crippen molar-refractivity contribution < 1.29 is 23.8 Å². The lowest BCUT2D eigenvalue weighted by molar-refractivity contribution is -0.163. The minimum absolute atomic E-state index is 0.110. The second kappa shape index (κ2) is 5.36. The van der Waals surface area contributed by atoms with E-state index >= 15 is 0 Å². The van der Waals surface area contributed by atoms with Crippen LogP contribution in [0.1, 0.15) is 34.6 Å². The van der Waals surface area contributed by atoms with Crippen LogP contribution in [-0.4, -0.2) is 54.5 Å². The Morgan fingerprint density at radius 2 is 1.89 bits per heavy atom. The Morgan fingerprint density at radius 1 is 1.32 bits per heavy atom. The van der Waals surface area contributed by atoms with E-state index in [1.807, 2.05) is 13.8 Å². The van der Waals surface area contributed by atoms with Gasteiger partial charge in [-0.15, -0.1) is 0 Å². The fraction of sp³-hybridized carbons (Fsp3) is 0.846. The van der Waals surface area contributed by atoms with Crippen molar-refractivity contribution in [2.45, 2.75) is 51.9 Å². The zero-order valence-corrected chi connectivity index (χ0v) is 12.5. The number of hydrogen-bond acceptors (Lipinski definition) is 5. The number of carbonyl (C=O) groups is 2. The fourth-order valence-electron chi connectivity index (χ4n) is 1.80. The van der Waals surface area contributed by atoms with Gasteiger partial charge in [0.15, 0.2) is 6.04 Å². The lowest BCUT2D eigenvalue weighted by Gasteiger charge is -2.42. The largest absolute Gasteiger partial charge is 0.467 e. The van der Waals surface area contributed by atoms with Crippen molar-refractivity contribution in [3.63, 3.8) is 0 Å². The molecule has 1 heterocycles. The number of rotatable bonds is 1. The molecule has 0 aromatic rings. The van der Waals surface area contributed by atoms with E-state index in [1.165, 1.54) is 12.0 Å². The highest BCUT2D eigenvalue weighted by atomic mass is 16.6. The van der Waals surface area contributed by atoms with E-state index in [4.69, 9.17) is 14.2 Å². The molecule has 0 spiro atoms. The standard InChI is InChI=1S/C13H23NO5/c1-12(2,3)19-11(16)14-8-13(4,5)18-7-9(14)10(15)17-6/h9H,7-8H2,1-6H3/t9-/m1/s1. The predicted molar refractivity (Wildman–Crippen MR) is 68.8 cm³/mol. The van der Waals surface area contributed by atoms with Gasteiger partial charge in [-0.1, -0.05) is 0 Å². The maximum atomic E-state index is 12.2. The summed E-state index contributed by atoms with van der Waals surface area (Å²) in [6, 6.07) is -0.757. The van der Waals surface area contributed by atoms with Crippen LogP contribution in [0, 0.1) is 0 Å². The minimum Gasteiger partial charge on any atom is -0.467 e. The Balaban J connectivity index is 2.88. The number of methoxy groups -OCH3 is 1. The van der Waals surface area contributed by atoms with Crippen LogP contribution in [0.4, 0.5) is 4.79 Å². The summed E-state index contributed by atoms with van der Waals surface area (Å²) >= 11 is 0. The molecule has 0 aromatic carbocycles. The van der Waals surface area contributed by atoms with Gasteiger partial charge in [0.05, 0.1) is 25.9 Å². The topological polar surface area (TPSA) is 65.1 Å². The van der Waals surface area contributed by atoms with E-state index in [1.54, 1.807) is 20.8 Å². The van der Waals surface area contributed by atoms with Gasteiger partial charge in [0.1, 0.15) is 5.60 Å². The quantitative estimate of drug-likeness (QED) is 0.679. The van der Waals surface area contributed by atoms with Gasteiger partial charge in [0.2, 0.25) is 0 Å². The smallest absolute Gasteiger partial charge is 0.411 e. The number of morpholine rings is 1. The van der Waals surface area contributed by atoms with E-state index in [2.05, 4.69) is 0 Å². The summed E-state index contributed by atoms with van der Waals surface area (Å²) < 4.78 is 15.6. The van der Waals surface area contributed by atoms with Crippen LogP contribution in [0.5, 0.6) is 0 Å². The highest BCUT2D eigenvalue weighted by molar-refractivity contribution is 5.82. The van der Waals surface area contributed by atoms with Gasteiger partial charge in [-0.25, -0.2) is 9.59 Å². The molecule has 1 rings (SSSR count). The normalized spacial score (nSPS) is 22.8. The van der Waals surface area contributed by atoms with E-state index < -0.39 is 29.3 Å². The van der Waals surface area contributed by atoms with E-state index in [9.17, 15) is 9.59 Å². The van der Waals surface area contributed by atoms with Crippen molar-refractivity contribution in [2.24, 2.45) is 0 Å². The summed E-state index contributed by atoms with van der Waals surface area (Å²) in [6.07, 6.45) is -0.528. The van der Waals surface area contributed by atoms with Crippen LogP contribution >= 0.6 is 0 Å². The Bertz CT molecular complexity index is 359. The molecule has 6 heteroatoms. The highest BCUT2D eigenvalue weighted by Crippen LogP contribution is 2.23. The maximum Gasteiger partial charge on any atom is 0.411 e. The number of ether oxygens (including phenoxy) is 3. The summed E-state index contributed by atoms with van der Waals surface area (Å²) in [5.74, 6) is -0.499. The third-order valence-corrected chi connectivity index (χ3v) is 2.66. The van der Waals surface area contributed by atoms with Crippen LogP contribution in [0.25, 0.3) is 0 Å². The molecular weight excluding hydrogens is 250 g/mol. The summed E-state index contributed by atoms with van der Waals surface area (Å²) in [4.78, 5) is 25.3. The lowest BCUT2D eigenvalue weighted by atomic mass is 10.0. The Kier molecular flexibility index (Phi) is 4.45. The summed E-state index contributed by atoms with van der Waals surface area (Å²) in [7, 11) is 1.29. The molecule has 1 fully saturated rings. The number of hydrogen-bond donors (Lipinski definition) is 0. The second-order valence-corrected chi connectivity index (χ2v) is 6.22. The van der Waals surface area contributed by atoms with Gasteiger partial charge in [-0.2, -0.15) is 0 Å². The average Bonchev–Trinajstić information content (AvgIpc) is 2.24. The van der Waals surface area contributed by atoms with Gasteiger partial charge in [0.25, 0.3) is 0 Å². The first-order valence-corrected chi connectivity index (χ1v) is 6.27. The summed E-state index contributed by atoms with van der Waals surface area (Å²) in [5, 5.41) is 0. The number of esters is 1. The van der Waals surface area contributed by atoms with Crippen molar-refractivity contribution >= 4 is 12.1 Å². The van der Waals surface area contributed by atoms with Crippen LogP contribution in [0.3, 0.4) is 0 Å². The predicted octanol–water partition coefficient (Wildman–Crippen LogP) is 1.57. The molecule has 0 radical (unpaired) electrons. The molecule has 0 N–H and O–H groups in total. The Labute approximate surface area is 114 Å². The van der Waals surface area contributed by atoms with Crippen molar-refractivity contribution in [3.8, 4) is 0 Å². The van der Waals surface area contributed by atoms with Gasteiger partial charge in [0, 0.05) is 0 Å². The molecule has 0 unspecified atom stereocenters. The minimum atomic E-state index is -0.757. The van der Waals surface area contributed by atoms with Crippen molar-refractivity contribution in [1.82, 2.24) is 4.90 Å². The molecule has 1 amide bonds. The first-order valence-electron chi connectivity index (χ1n) is 6.27. The molecule has 1 aliphatic heterocycles. The molecule has 6 nitrogen and oxygen atoms in total. The first kappa shape index (κ1) is 15.8. The van der Waals surface area contributed by atoms with Crippen molar-refractivity contribution in [1.29, 1.82) is 0 Å². The maximum absolute atomic E-state index is 12.2.